The van der Waals surface area contributed by atoms with Crippen LogP contribution in [0.4, 0.5) is 0 Å². The number of rotatable bonds is 9. The minimum absolute atomic E-state index is 0.0454. The summed E-state index contributed by atoms with van der Waals surface area (Å²) in [6.07, 6.45) is 13.8. The lowest BCUT2D eigenvalue weighted by Gasteiger charge is -2.32. The SMILES string of the molecule is CC(=CCCC(C)=CCC1=CC(=O)C=C(C)C1=O)CCC=C1CCC(C(C)(C)O)OC1=O. The molecular formula is C27H36O5. The Morgan fingerprint density at radius 3 is 2.41 bits per heavy atom. The third kappa shape index (κ3) is 7.86. The minimum atomic E-state index is -1.01. The van der Waals surface area contributed by atoms with E-state index in [-0.39, 0.29) is 17.5 Å². The predicted octanol–water partition coefficient (Wildman–Crippen LogP) is 5.26. The maximum atomic E-state index is 12.1. The van der Waals surface area contributed by atoms with Gasteiger partial charge in [-0.2, -0.15) is 0 Å². The molecule has 5 heteroatoms. The summed E-state index contributed by atoms with van der Waals surface area (Å²) in [6, 6.07) is 0. The molecule has 32 heavy (non-hydrogen) atoms. The molecule has 2 aliphatic rings. The lowest BCUT2D eigenvalue weighted by Crippen LogP contribution is -2.42. The number of allylic oxidation sites excluding steroid dienone is 9. The summed E-state index contributed by atoms with van der Waals surface area (Å²) >= 11 is 0. The van der Waals surface area contributed by atoms with Crippen molar-refractivity contribution in [2.24, 2.45) is 0 Å². The first kappa shape index (κ1) is 25.7. The van der Waals surface area contributed by atoms with E-state index in [2.05, 4.69) is 13.0 Å². The van der Waals surface area contributed by atoms with E-state index < -0.39 is 11.7 Å². The molecule has 0 radical (unpaired) electrons. The molecule has 1 fully saturated rings. The summed E-state index contributed by atoms with van der Waals surface area (Å²) in [7, 11) is 0. The van der Waals surface area contributed by atoms with Gasteiger partial charge in [0.05, 0.1) is 5.60 Å². The van der Waals surface area contributed by atoms with Gasteiger partial charge < -0.3 is 9.84 Å². The van der Waals surface area contributed by atoms with Crippen molar-refractivity contribution in [2.75, 3.05) is 0 Å². The van der Waals surface area contributed by atoms with Crippen molar-refractivity contribution in [3.05, 3.63) is 58.2 Å². The Hall–Kier alpha value is -2.53. The second kappa shape index (κ2) is 11.4. The van der Waals surface area contributed by atoms with E-state index in [4.69, 9.17) is 4.74 Å². The van der Waals surface area contributed by atoms with E-state index in [0.717, 1.165) is 25.7 Å². The van der Waals surface area contributed by atoms with Gasteiger partial charge in [0.2, 0.25) is 0 Å². The molecule has 1 heterocycles. The van der Waals surface area contributed by atoms with Crippen LogP contribution in [0.15, 0.2) is 58.2 Å². The number of cyclic esters (lactones) is 1. The Kier molecular flexibility index (Phi) is 9.14. The number of ketones is 2. The van der Waals surface area contributed by atoms with E-state index in [1.165, 1.54) is 23.3 Å². The average Bonchev–Trinajstić information content (AvgIpc) is 2.70. The number of carbonyl (C=O) groups is 3. The van der Waals surface area contributed by atoms with Crippen molar-refractivity contribution in [1.82, 2.24) is 0 Å². The van der Waals surface area contributed by atoms with Crippen molar-refractivity contribution >= 4 is 17.5 Å². The molecule has 1 atom stereocenters. The summed E-state index contributed by atoms with van der Waals surface area (Å²) in [5, 5.41) is 10.0. The van der Waals surface area contributed by atoms with Crippen LogP contribution in [0.25, 0.3) is 0 Å². The lowest BCUT2D eigenvalue weighted by atomic mass is 9.92. The van der Waals surface area contributed by atoms with Gasteiger partial charge in [-0.25, -0.2) is 4.79 Å². The molecule has 1 unspecified atom stereocenters. The third-order valence-electron chi connectivity index (χ3n) is 5.93. The smallest absolute Gasteiger partial charge is 0.334 e. The Bertz CT molecular complexity index is 903. The highest BCUT2D eigenvalue weighted by Gasteiger charge is 2.34. The van der Waals surface area contributed by atoms with Gasteiger partial charge in [0.25, 0.3) is 0 Å². The lowest BCUT2D eigenvalue weighted by molar-refractivity contribution is -0.162. The van der Waals surface area contributed by atoms with E-state index in [1.54, 1.807) is 20.8 Å². The van der Waals surface area contributed by atoms with Crippen molar-refractivity contribution in [3.63, 3.8) is 0 Å². The van der Waals surface area contributed by atoms with Crippen LogP contribution in [-0.4, -0.2) is 34.3 Å². The maximum Gasteiger partial charge on any atom is 0.334 e. The van der Waals surface area contributed by atoms with E-state index >= 15 is 0 Å². The number of carbonyl (C=O) groups excluding carboxylic acids is 3. The molecule has 1 N–H and O–H groups in total. The molecule has 1 aliphatic carbocycles. The third-order valence-corrected chi connectivity index (χ3v) is 5.93. The Labute approximate surface area is 191 Å². The zero-order valence-electron chi connectivity index (χ0n) is 20.0. The summed E-state index contributed by atoms with van der Waals surface area (Å²) < 4.78 is 5.37. The van der Waals surface area contributed by atoms with Gasteiger partial charge in [-0.1, -0.05) is 29.4 Å². The first-order valence-electron chi connectivity index (χ1n) is 11.4. The molecule has 5 nitrogen and oxygen atoms in total. The topological polar surface area (TPSA) is 80.7 Å². The molecule has 2 rings (SSSR count). The molecule has 0 aromatic heterocycles. The first-order valence-corrected chi connectivity index (χ1v) is 11.4. The quantitative estimate of drug-likeness (QED) is 0.229. The van der Waals surface area contributed by atoms with Gasteiger partial charge in [-0.3, -0.25) is 9.59 Å². The fourth-order valence-corrected chi connectivity index (χ4v) is 3.81. The Balaban J connectivity index is 1.75. The molecular weight excluding hydrogens is 404 g/mol. The van der Waals surface area contributed by atoms with E-state index in [0.29, 0.717) is 36.0 Å². The molecule has 0 saturated carbocycles. The van der Waals surface area contributed by atoms with Crippen molar-refractivity contribution < 1.29 is 24.2 Å². The molecule has 0 aromatic carbocycles. The van der Waals surface area contributed by atoms with Crippen molar-refractivity contribution in [1.29, 1.82) is 0 Å². The molecule has 0 spiro atoms. The largest absolute Gasteiger partial charge is 0.456 e. The van der Waals surface area contributed by atoms with Gasteiger partial charge in [0.15, 0.2) is 11.6 Å². The summed E-state index contributed by atoms with van der Waals surface area (Å²) in [6.45, 7) is 9.14. The average molecular weight is 441 g/mol. The molecule has 0 amide bonds. The van der Waals surface area contributed by atoms with Crippen LogP contribution in [0.3, 0.4) is 0 Å². The van der Waals surface area contributed by atoms with Crippen LogP contribution < -0.4 is 0 Å². The highest BCUT2D eigenvalue weighted by molar-refractivity contribution is 6.20. The van der Waals surface area contributed by atoms with Crippen LogP contribution in [0.5, 0.6) is 0 Å². The number of hydrogen-bond acceptors (Lipinski definition) is 5. The number of Topliss-reactive ketones (excluding diaryl/α,β-unsaturated/α-hetero) is 1. The highest BCUT2D eigenvalue weighted by atomic mass is 16.6. The second-order valence-corrected chi connectivity index (χ2v) is 9.43. The van der Waals surface area contributed by atoms with Crippen molar-refractivity contribution in [2.45, 2.75) is 91.3 Å². The van der Waals surface area contributed by atoms with Crippen LogP contribution in [0.2, 0.25) is 0 Å². The summed E-state index contributed by atoms with van der Waals surface area (Å²) in [5.41, 5.74) is 3.21. The Morgan fingerprint density at radius 2 is 1.75 bits per heavy atom. The van der Waals surface area contributed by atoms with Crippen molar-refractivity contribution in [3.8, 4) is 0 Å². The van der Waals surface area contributed by atoms with Gasteiger partial charge >= 0.3 is 5.97 Å². The number of ether oxygens (including phenoxy) is 1. The van der Waals surface area contributed by atoms with Crippen LogP contribution in [0, 0.1) is 0 Å². The number of aliphatic hydroxyl groups is 1. The summed E-state index contributed by atoms with van der Waals surface area (Å²) in [4.78, 5) is 35.9. The standard InChI is InChI=1S/C27H36O5/c1-18(10-7-11-21-14-15-24(27(4,5)31)32-26(21)30)8-6-9-19(2)12-13-22-17-23(28)16-20(3)25(22)29/h8,11-12,16-17,24,31H,6-7,9-10,13-15H2,1-5H3. The van der Waals surface area contributed by atoms with Gasteiger partial charge in [0, 0.05) is 16.7 Å². The van der Waals surface area contributed by atoms with Gasteiger partial charge in [0.1, 0.15) is 6.10 Å². The van der Waals surface area contributed by atoms with Gasteiger partial charge in [-0.15, -0.1) is 0 Å². The normalized spacial score (nSPS) is 22.1. The highest BCUT2D eigenvalue weighted by Crippen LogP contribution is 2.27. The van der Waals surface area contributed by atoms with Gasteiger partial charge in [-0.05, 0) is 91.7 Å². The van der Waals surface area contributed by atoms with Crippen LogP contribution in [-0.2, 0) is 19.1 Å². The number of esters is 1. The summed E-state index contributed by atoms with van der Waals surface area (Å²) in [5.74, 6) is -0.476. The maximum absolute atomic E-state index is 12.1. The first-order chi connectivity index (χ1) is 15.0. The predicted molar refractivity (Wildman–Crippen MR) is 126 cm³/mol. The number of hydrogen-bond donors (Lipinski definition) is 1. The van der Waals surface area contributed by atoms with E-state index in [1.807, 2.05) is 19.1 Å². The Morgan fingerprint density at radius 1 is 1.09 bits per heavy atom. The molecule has 0 bridgehead atoms. The second-order valence-electron chi connectivity index (χ2n) is 9.43. The minimum Gasteiger partial charge on any atom is -0.456 e. The fourth-order valence-electron chi connectivity index (χ4n) is 3.81. The molecule has 174 valence electrons. The zero-order chi connectivity index (χ0) is 23.9. The zero-order valence-corrected chi connectivity index (χ0v) is 20.0. The van der Waals surface area contributed by atoms with Crippen LogP contribution in [0.1, 0.15) is 79.6 Å². The molecule has 1 saturated heterocycles. The fraction of sp³-hybridized carbons (Fsp3) is 0.519. The van der Waals surface area contributed by atoms with E-state index in [9.17, 15) is 19.5 Å². The molecule has 1 aliphatic heterocycles. The monoisotopic (exact) mass is 440 g/mol. The molecule has 0 aromatic rings. The van der Waals surface area contributed by atoms with Crippen LogP contribution >= 0.6 is 0 Å².